The third-order valence-electron chi connectivity index (χ3n) is 3.91. The third kappa shape index (κ3) is 33.8. The van der Waals surface area contributed by atoms with Crippen LogP contribution < -0.4 is 5.32 Å². The maximum Gasteiger partial charge on any atom is 0.291 e. The van der Waals surface area contributed by atoms with Crippen LogP contribution in [0.4, 0.5) is 0 Å². The van der Waals surface area contributed by atoms with Crippen LogP contribution in [0.2, 0.25) is 0 Å². The number of hydrogen-bond donors (Lipinski definition) is 2. The third-order valence-corrected chi connectivity index (χ3v) is 3.91. The van der Waals surface area contributed by atoms with E-state index in [1.807, 2.05) is 0 Å². The zero-order valence-electron chi connectivity index (χ0n) is 15.5. The number of unbranched alkanes of at least 4 members (excludes halogenated alkanes) is 12. The molecular weight excluding hydrogens is 292 g/mol. The van der Waals surface area contributed by atoms with Crippen LogP contribution in [0.5, 0.6) is 0 Å². The highest BCUT2D eigenvalue weighted by Gasteiger charge is 1.93. The molecule has 0 spiro atoms. The maximum atomic E-state index is 8.36. The summed E-state index contributed by atoms with van der Waals surface area (Å²) < 4.78 is 0. The fraction of sp³-hybridized carbons (Fsp3) is 1.00. The van der Waals surface area contributed by atoms with Gasteiger partial charge in [-0.25, -0.2) is 0 Å². The van der Waals surface area contributed by atoms with Gasteiger partial charge in [0, 0.05) is 0 Å². The van der Waals surface area contributed by atoms with Gasteiger partial charge >= 0.3 is 0 Å². The van der Waals surface area contributed by atoms with Crippen LogP contribution in [0, 0.1) is 10.1 Å². The molecular formula is C18H40N2O3. The van der Waals surface area contributed by atoms with Gasteiger partial charge in [0.15, 0.2) is 0 Å². The lowest BCUT2D eigenvalue weighted by Gasteiger charge is -2.05. The van der Waals surface area contributed by atoms with Crippen molar-refractivity contribution < 1.29 is 10.3 Å². The van der Waals surface area contributed by atoms with Crippen molar-refractivity contribution in [2.24, 2.45) is 0 Å². The van der Waals surface area contributed by atoms with E-state index in [2.05, 4.69) is 19.2 Å². The molecule has 0 saturated carbocycles. The minimum Gasteiger partial charge on any atom is -0.328 e. The summed E-state index contributed by atoms with van der Waals surface area (Å²) in [4.78, 5) is 8.36. The number of nitrogens with zero attached hydrogens (tertiary/aromatic N) is 1. The predicted octanol–water partition coefficient (Wildman–Crippen LogP) is 5.73. The second kappa shape index (κ2) is 23.4. The number of nitrogens with one attached hydrogen (secondary N) is 1. The average Bonchev–Trinajstić information content (AvgIpc) is 2.50. The molecule has 5 heteroatoms. The summed E-state index contributed by atoms with van der Waals surface area (Å²) in [7, 11) is 0. The molecule has 0 aromatic carbocycles. The molecule has 0 aliphatic heterocycles. The smallest absolute Gasteiger partial charge is 0.291 e. The van der Waals surface area contributed by atoms with Gasteiger partial charge < -0.3 is 10.5 Å². The van der Waals surface area contributed by atoms with E-state index in [1.54, 1.807) is 0 Å². The van der Waals surface area contributed by atoms with Crippen LogP contribution in [0.3, 0.4) is 0 Å². The van der Waals surface area contributed by atoms with Crippen molar-refractivity contribution in [3.63, 3.8) is 0 Å². The van der Waals surface area contributed by atoms with Crippen molar-refractivity contribution >= 4 is 0 Å². The largest absolute Gasteiger partial charge is 0.328 e. The lowest BCUT2D eigenvalue weighted by atomic mass is 10.1. The van der Waals surface area contributed by atoms with Crippen LogP contribution in [-0.4, -0.2) is 23.4 Å². The first-order valence-electron chi connectivity index (χ1n) is 9.69. The monoisotopic (exact) mass is 332 g/mol. The Balaban J connectivity index is 0. The number of hydrogen-bond acceptors (Lipinski definition) is 3. The van der Waals surface area contributed by atoms with Gasteiger partial charge in [0.2, 0.25) is 0 Å². The molecule has 0 unspecified atom stereocenters. The zero-order chi connectivity index (χ0) is 17.6. The standard InChI is InChI=1S/C18H39N.HNO3/c1-3-5-7-9-11-12-14-16-18-19-17-15-13-10-8-6-4-2;2-1(3)4/h19H,3-18H2,1-2H3;(H,2,3,4). The van der Waals surface area contributed by atoms with E-state index >= 15 is 0 Å². The zero-order valence-corrected chi connectivity index (χ0v) is 15.5. The summed E-state index contributed by atoms with van der Waals surface area (Å²) in [5.41, 5.74) is 0. The van der Waals surface area contributed by atoms with Gasteiger partial charge in [-0.1, -0.05) is 90.9 Å². The Kier molecular flexibility index (Phi) is 24.9. The van der Waals surface area contributed by atoms with E-state index in [0.717, 1.165) is 0 Å². The van der Waals surface area contributed by atoms with Crippen molar-refractivity contribution in [3.8, 4) is 0 Å². The Morgan fingerprint density at radius 3 is 1.26 bits per heavy atom. The van der Waals surface area contributed by atoms with Crippen LogP contribution in [0.15, 0.2) is 0 Å². The molecule has 0 heterocycles. The van der Waals surface area contributed by atoms with Crippen LogP contribution in [0.25, 0.3) is 0 Å². The van der Waals surface area contributed by atoms with Crippen LogP contribution in [-0.2, 0) is 0 Å². The molecule has 0 aliphatic rings. The minimum atomic E-state index is -1.50. The first-order valence-corrected chi connectivity index (χ1v) is 9.69. The summed E-state index contributed by atoms with van der Waals surface area (Å²) >= 11 is 0. The highest BCUT2D eigenvalue weighted by Crippen LogP contribution is 2.08. The van der Waals surface area contributed by atoms with Crippen molar-refractivity contribution in [1.82, 2.24) is 5.32 Å². The summed E-state index contributed by atoms with van der Waals surface area (Å²) in [5, 5.41) is 17.2. The first kappa shape index (κ1) is 24.4. The summed E-state index contributed by atoms with van der Waals surface area (Å²) in [6.07, 6.45) is 19.9. The molecule has 140 valence electrons. The molecule has 0 amide bonds. The fourth-order valence-corrected chi connectivity index (χ4v) is 2.54. The molecule has 23 heavy (non-hydrogen) atoms. The number of rotatable bonds is 16. The minimum absolute atomic E-state index is 1.24. The molecule has 0 atom stereocenters. The topological polar surface area (TPSA) is 75.4 Å². The molecule has 0 rings (SSSR count). The highest BCUT2D eigenvalue weighted by molar-refractivity contribution is 4.51. The molecule has 0 aromatic rings. The van der Waals surface area contributed by atoms with Crippen molar-refractivity contribution in [2.75, 3.05) is 13.1 Å². The molecule has 2 N–H and O–H groups in total. The van der Waals surface area contributed by atoms with Crippen LogP contribution in [0.1, 0.15) is 104 Å². The van der Waals surface area contributed by atoms with E-state index in [0.29, 0.717) is 0 Å². The van der Waals surface area contributed by atoms with Crippen LogP contribution >= 0.6 is 0 Å². The molecule has 0 bridgehead atoms. The fourth-order valence-electron chi connectivity index (χ4n) is 2.54. The summed E-state index contributed by atoms with van der Waals surface area (Å²) in [6.45, 7) is 7.05. The average molecular weight is 333 g/mol. The first-order chi connectivity index (χ1) is 11.1. The summed E-state index contributed by atoms with van der Waals surface area (Å²) in [6, 6.07) is 0. The maximum absolute atomic E-state index is 8.36. The van der Waals surface area contributed by atoms with Crippen molar-refractivity contribution in [2.45, 2.75) is 104 Å². The molecule has 0 aromatic heterocycles. The van der Waals surface area contributed by atoms with E-state index in [4.69, 9.17) is 15.3 Å². The van der Waals surface area contributed by atoms with Gasteiger partial charge in [-0.3, -0.25) is 0 Å². The van der Waals surface area contributed by atoms with E-state index < -0.39 is 5.09 Å². The molecule has 0 saturated heterocycles. The van der Waals surface area contributed by atoms with E-state index in [9.17, 15) is 0 Å². The van der Waals surface area contributed by atoms with E-state index in [1.165, 1.54) is 103 Å². The Morgan fingerprint density at radius 1 is 0.696 bits per heavy atom. The Morgan fingerprint density at radius 2 is 0.957 bits per heavy atom. The Labute approximate surface area is 143 Å². The molecule has 0 aliphatic carbocycles. The Hall–Kier alpha value is -0.840. The van der Waals surface area contributed by atoms with Gasteiger partial charge in [-0.05, 0) is 25.9 Å². The Bertz CT molecular complexity index is 206. The van der Waals surface area contributed by atoms with Gasteiger partial charge in [0.05, 0.1) is 0 Å². The van der Waals surface area contributed by atoms with Crippen molar-refractivity contribution in [3.05, 3.63) is 10.1 Å². The SMILES string of the molecule is CCCCCCCCCCNCCCCCCCC.O=[N+]([O-])O. The second-order valence-electron chi connectivity index (χ2n) is 6.23. The second-order valence-corrected chi connectivity index (χ2v) is 6.23. The predicted molar refractivity (Wildman–Crippen MR) is 97.6 cm³/mol. The lowest BCUT2D eigenvalue weighted by Crippen LogP contribution is -2.16. The lowest BCUT2D eigenvalue weighted by molar-refractivity contribution is -0.742. The van der Waals surface area contributed by atoms with Crippen molar-refractivity contribution in [1.29, 1.82) is 0 Å². The molecule has 0 fully saturated rings. The molecule has 5 nitrogen and oxygen atoms in total. The van der Waals surface area contributed by atoms with Gasteiger partial charge in [0.25, 0.3) is 5.09 Å². The normalized spacial score (nSPS) is 10.2. The molecule has 0 radical (unpaired) electrons. The van der Waals surface area contributed by atoms with Gasteiger partial charge in [-0.15, -0.1) is 10.1 Å². The van der Waals surface area contributed by atoms with Gasteiger partial charge in [0.1, 0.15) is 0 Å². The highest BCUT2D eigenvalue weighted by atomic mass is 16.9. The summed E-state index contributed by atoms with van der Waals surface area (Å²) in [5.74, 6) is 0. The van der Waals surface area contributed by atoms with E-state index in [-0.39, 0.29) is 0 Å². The quantitative estimate of drug-likeness (QED) is 0.215. The van der Waals surface area contributed by atoms with Gasteiger partial charge in [-0.2, -0.15) is 0 Å².